The van der Waals surface area contributed by atoms with Crippen LogP contribution in [-0.4, -0.2) is 28.5 Å². The highest BCUT2D eigenvalue weighted by Gasteiger charge is 2.41. The van der Waals surface area contributed by atoms with Gasteiger partial charge in [-0.05, 0) is 60.7 Å². The van der Waals surface area contributed by atoms with Gasteiger partial charge in [-0.3, -0.25) is 9.52 Å². The van der Waals surface area contributed by atoms with E-state index in [1.807, 2.05) is 30.3 Å². The van der Waals surface area contributed by atoms with Crippen molar-refractivity contribution in [1.29, 1.82) is 0 Å². The van der Waals surface area contributed by atoms with E-state index in [0.717, 1.165) is 4.31 Å². The van der Waals surface area contributed by atoms with E-state index >= 15 is 0 Å². The Morgan fingerprint density at radius 3 is 2.06 bits per heavy atom. The number of amides is 1. The molecule has 1 saturated heterocycles. The zero-order valence-corrected chi connectivity index (χ0v) is 18.6. The van der Waals surface area contributed by atoms with Gasteiger partial charge < -0.3 is 4.74 Å². The number of rotatable bonds is 6. The van der Waals surface area contributed by atoms with Gasteiger partial charge in [0.15, 0.2) is 0 Å². The lowest BCUT2D eigenvalue weighted by Crippen LogP contribution is -2.30. The molecule has 0 unspecified atom stereocenters. The van der Waals surface area contributed by atoms with E-state index in [0.29, 0.717) is 17.2 Å². The number of nitrogens with one attached hydrogen (secondary N) is 1. The number of carbonyl (C=O) groups excluding carboxylic acids is 1. The van der Waals surface area contributed by atoms with Gasteiger partial charge in [-0.25, -0.2) is 21.1 Å². The predicted octanol–water partition coefficient (Wildman–Crippen LogP) is 3.59. The van der Waals surface area contributed by atoms with E-state index in [-0.39, 0.29) is 16.3 Å². The second-order valence-electron chi connectivity index (χ2n) is 7.32. The molecule has 1 atom stereocenters. The van der Waals surface area contributed by atoms with Crippen molar-refractivity contribution in [3.8, 4) is 11.5 Å². The molecular weight excluding hydrogens is 452 g/mol. The second-order valence-corrected chi connectivity index (χ2v) is 10.9. The molecule has 1 fully saturated rings. The number of carbonyl (C=O) groups is 1. The number of hydrogen-bond donors (Lipinski definition) is 1. The maximum atomic E-state index is 12.7. The van der Waals surface area contributed by atoms with Crippen molar-refractivity contribution in [2.75, 3.05) is 14.8 Å². The number of hydrogen-bond acceptors (Lipinski definition) is 6. The van der Waals surface area contributed by atoms with E-state index in [4.69, 9.17) is 4.74 Å². The molecule has 0 bridgehead atoms. The first-order chi connectivity index (χ1) is 15.2. The highest BCUT2D eigenvalue weighted by Crippen LogP contribution is 2.29. The molecular formula is C22H20N2O6S2. The van der Waals surface area contributed by atoms with Gasteiger partial charge >= 0.3 is 0 Å². The summed E-state index contributed by atoms with van der Waals surface area (Å²) in [5, 5.41) is 0. The summed E-state index contributed by atoms with van der Waals surface area (Å²) in [6.45, 7) is 1.54. The fourth-order valence-corrected chi connectivity index (χ4v) is 6.16. The van der Waals surface area contributed by atoms with Crippen LogP contribution in [0.25, 0.3) is 0 Å². The van der Waals surface area contributed by atoms with Crippen molar-refractivity contribution in [3.63, 3.8) is 0 Å². The van der Waals surface area contributed by atoms with Crippen LogP contribution in [-0.2, 0) is 24.8 Å². The standard InChI is InChI=1S/C22H20N2O6S2/c1-16-15-31(26,27)24(22(16)25)18-9-13-21(14-10-18)32(28,29)23-17-7-11-20(12-8-17)30-19-5-3-2-4-6-19/h2-14,16,23H,15H2,1H3/t16-/m0/s1. The molecule has 4 rings (SSSR count). The Morgan fingerprint density at radius 2 is 1.50 bits per heavy atom. The molecule has 10 heteroatoms. The SMILES string of the molecule is C[C@H]1CS(=O)(=O)N(c2ccc(S(=O)(=O)Nc3ccc(Oc4ccccc4)cc3)cc2)C1=O. The smallest absolute Gasteiger partial charge is 0.261 e. The number of nitrogens with zero attached hydrogens (tertiary/aromatic N) is 1. The van der Waals surface area contributed by atoms with Crippen molar-refractivity contribution in [3.05, 3.63) is 78.9 Å². The van der Waals surface area contributed by atoms with Crippen LogP contribution in [0.4, 0.5) is 11.4 Å². The Kier molecular flexibility index (Phi) is 5.66. The molecule has 1 amide bonds. The number of anilines is 2. The quantitative estimate of drug-likeness (QED) is 0.587. The Hall–Kier alpha value is -3.37. The number of ether oxygens (including phenoxy) is 1. The molecule has 1 N–H and O–H groups in total. The van der Waals surface area contributed by atoms with Gasteiger partial charge in [-0.1, -0.05) is 25.1 Å². The van der Waals surface area contributed by atoms with Crippen LogP contribution in [0.3, 0.4) is 0 Å². The zero-order valence-electron chi connectivity index (χ0n) is 17.0. The van der Waals surface area contributed by atoms with Crippen LogP contribution >= 0.6 is 0 Å². The summed E-state index contributed by atoms with van der Waals surface area (Å²) in [6, 6.07) is 20.7. The van der Waals surface area contributed by atoms with E-state index in [1.165, 1.54) is 24.3 Å². The minimum atomic E-state index is -3.92. The fourth-order valence-electron chi connectivity index (χ4n) is 3.28. The van der Waals surface area contributed by atoms with Gasteiger partial charge in [0.2, 0.25) is 15.9 Å². The fraction of sp³-hybridized carbons (Fsp3) is 0.136. The van der Waals surface area contributed by atoms with Crippen LogP contribution in [0.5, 0.6) is 11.5 Å². The molecule has 0 radical (unpaired) electrons. The molecule has 8 nitrogen and oxygen atoms in total. The Bertz CT molecular complexity index is 1340. The largest absolute Gasteiger partial charge is 0.457 e. The average molecular weight is 473 g/mol. The lowest BCUT2D eigenvalue weighted by molar-refractivity contribution is -0.119. The first-order valence-corrected chi connectivity index (χ1v) is 12.8. The van der Waals surface area contributed by atoms with Crippen molar-refractivity contribution in [1.82, 2.24) is 0 Å². The average Bonchev–Trinajstić information content (AvgIpc) is 2.96. The summed E-state index contributed by atoms with van der Waals surface area (Å²) in [6.07, 6.45) is 0. The third-order valence-electron chi connectivity index (χ3n) is 4.83. The molecule has 0 spiro atoms. The van der Waals surface area contributed by atoms with Crippen LogP contribution in [0.2, 0.25) is 0 Å². The number of benzene rings is 3. The number of sulfonamides is 2. The summed E-state index contributed by atoms with van der Waals surface area (Å²) in [5.74, 6) is -0.226. The van der Waals surface area contributed by atoms with Crippen molar-refractivity contribution in [2.24, 2.45) is 5.92 Å². The van der Waals surface area contributed by atoms with Crippen molar-refractivity contribution < 1.29 is 26.4 Å². The lowest BCUT2D eigenvalue weighted by atomic mass is 10.2. The van der Waals surface area contributed by atoms with Gasteiger partial charge in [0.25, 0.3) is 10.0 Å². The van der Waals surface area contributed by atoms with Crippen LogP contribution in [0, 0.1) is 5.92 Å². The Labute approximate surface area is 186 Å². The van der Waals surface area contributed by atoms with Gasteiger partial charge in [0.05, 0.1) is 22.3 Å². The third kappa shape index (κ3) is 4.46. The first-order valence-electron chi connectivity index (χ1n) is 9.68. The maximum Gasteiger partial charge on any atom is 0.261 e. The van der Waals surface area contributed by atoms with E-state index in [9.17, 15) is 21.6 Å². The minimum Gasteiger partial charge on any atom is -0.457 e. The molecule has 1 aliphatic heterocycles. The zero-order chi connectivity index (χ0) is 22.9. The highest BCUT2D eigenvalue weighted by molar-refractivity contribution is 7.94. The second kappa shape index (κ2) is 8.29. The van der Waals surface area contributed by atoms with Crippen molar-refractivity contribution in [2.45, 2.75) is 11.8 Å². The Morgan fingerprint density at radius 1 is 0.906 bits per heavy atom. The molecule has 0 saturated carbocycles. The Balaban J connectivity index is 1.49. The molecule has 0 aliphatic carbocycles. The summed E-state index contributed by atoms with van der Waals surface area (Å²) >= 11 is 0. The molecule has 3 aromatic carbocycles. The summed E-state index contributed by atoms with van der Waals surface area (Å²) in [5.41, 5.74) is 0.446. The maximum absolute atomic E-state index is 12.7. The van der Waals surface area contributed by atoms with Gasteiger partial charge in [0.1, 0.15) is 11.5 Å². The molecule has 3 aromatic rings. The summed E-state index contributed by atoms with van der Waals surface area (Å²) < 4.78 is 58.7. The van der Waals surface area contributed by atoms with E-state index in [2.05, 4.69) is 4.72 Å². The van der Waals surface area contributed by atoms with Crippen LogP contribution < -0.4 is 13.8 Å². The minimum absolute atomic E-state index is 0.0667. The topological polar surface area (TPSA) is 110 Å². The molecule has 1 heterocycles. The van der Waals surface area contributed by atoms with E-state index < -0.39 is 31.9 Å². The predicted molar refractivity (Wildman–Crippen MR) is 121 cm³/mol. The summed E-state index contributed by atoms with van der Waals surface area (Å²) in [7, 11) is -7.68. The monoisotopic (exact) mass is 472 g/mol. The van der Waals surface area contributed by atoms with Gasteiger partial charge in [0, 0.05) is 5.69 Å². The lowest BCUT2D eigenvalue weighted by Gasteiger charge is -2.16. The summed E-state index contributed by atoms with van der Waals surface area (Å²) in [4.78, 5) is 12.1. The van der Waals surface area contributed by atoms with Gasteiger partial charge in [-0.15, -0.1) is 0 Å². The molecule has 1 aliphatic rings. The van der Waals surface area contributed by atoms with Gasteiger partial charge in [-0.2, -0.15) is 0 Å². The van der Waals surface area contributed by atoms with Crippen LogP contribution in [0.15, 0.2) is 83.8 Å². The molecule has 166 valence electrons. The normalized spacial score (nSPS) is 17.8. The first kappa shape index (κ1) is 21.8. The number of para-hydroxylation sites is 1. The highest BCUT2D eigenvalue weighted by atomic mass is 32.2. The third-order valence-corrected chi connectivity index (χ3v) is 8.09. The molecule has 32 heavy (non-hydrogen) atoms. The molecule has 0 aromatic heterocycles. The van der Waals surface area contributed by atoms with Crippen LogP contribution in [0.1, 0.15) is 6.92 Å². The van der Waals surface area contributed by atoms with Crippen molar-refractivity contribution >= 4 is 37.3 Å². The van der Waals surface area contributed by atoms with E-state index in [1.54, 1.807) is 31.2 Å².